The zero-order valence-electron chi connectivity index (χ0n) is 15.4. The number of esters is 1. The predicted molar refractivity (Wildman–Crippen MR) is 102 cm³/mol. The number of imidazole rings is 1. The number of aryl methyl sites for hydroxylation is 2. The van der Waals surface area contributed by atoms with E-state index in [0.717, 1.165) is 35.8 Å². The van der Waals surface area contributed by atoms with Gasteiger partial charge in [0, 0.05) is 5.69 Å². The maximum absolute atomic E-state index is 12.3. The summed E-state index contributed by atoms with van der Waals surface area (Å²) in [5.41, 5.74) is 2.78. The lowest BCUT2D eigenvalue weighted by Crippen LogP contribution is -2.35. The van der Waals surface area contributed by atoms with Crippen LogP contribution in [0.2, 0.25) is 0 Å². The van der Waals surface area contributed by atoms with Crippen LogP contribution in [0, 0.1) is 6.92 Å². The van der Waals surface area contributed by atoms with Crippen LogP contribution in [0.3, 0.4) is 0 Å². The lowest BCUT2D eigenvalue weighted by molar-refractivity contribution is -0.145. The fraction of sp³-hybridized carbons (Fsp3) is 0.421. The molecule has 1 aromatic heterocycles. The van der Waals surface area contributed by atoms with Crippen LogP contribution >= 0.6 is 11.8 Å². The van der Waals surface area contributed by atoms with Crippen LogP contribution in [0.25, 0.3) is 0 Å². The molecule has 140 valence electrons. The number of methoxy groups -OCH3 is 1. The number of rotatable bonds is 9. The second-order valence-electron chi connectivity index (χ2n) is 5.94. The highest BCUT2D eigenvalue weighted by Gasteiger charge is 2.23. The summed E-state index contributed by atoms with van der Waals surface area (Å²) in [5.74, 6) is -0.579. The minimum Gasteiger partial charge on any atom is -0.467 e. The number of ether oxygens (including phenoxy) is 1. The van der Waals surface area contributed by atoms with Crippen molar-refractivity contribution in [2.75, 3.05) is 12.9 Å². The highest BCUT2D eigenvalue weighted by atomic mass is 32.2. The minimum absolute atomic E-state index is 0.167. The van der Waals surface area contributed by atoms with Crippen LogP contribution < -0.4 is 5.32 Å². The van der Waals surface area contributed by atoms with Gasteiger partial charge < -0.3 is 15.0 Å². The van der Waals surface area contributed by atoms with Gasteiger partial charge in [0.2, 0.25) is 5.91 Å². The molecule has 2 N–H and O–H groups in total. The number of carbonyl (C=O) groups is 2. The highest BCUT2D eigenvalue weighted by molar-refractivity contribution is 7.99. The smallest absolute Gasteiger partial charge is 0.333 e. The van der Waals surface area contributed by atoms with Gasteiger partial charge in [0.15, 0.2) is 11.2 Å². The largest absolute Gasteiger partial charge is 0.467 e. The first-order chi connectivity index (χ1) is 12.5. The molecule has 6 nitrogen and oxygen atoms in total. The first-order valence-electron chi connectivity index (χ1n) is 8.65. The number of benzene rings is 1. The molecular formula is C19H25N3O3S. The number of unbranched alkanes of at least 4 members (excludes halogenated alkanes) is 1. The summed E-state index contributed by atoms with van der Waals surface area (Å²) in [7, 11) is 1.31. The number of hydrogen-bond acceptors (Lipinski definition) is 5. The zero-order chi connectivity index (χ0) is 18.9. The second-order valence-corrected chi connectivity index (χ2v) is 6.90. The van der Waals surface area contributed by atoms with Crippen LogP contribution in [0.1, 0.15) is 42.8 Å². The Hall–Kier alpha value is -2.28. The van der Waals surface area contributed by atoms with Gasteiger partial charge in [-0.15, -0.1) is 0 Å². The van der Waals surface area contributed by atoms with Gasteiger partial charge in [0.1, 0.15) is 0 Å². The fourth-order valence-corrected chi connectivity index (χ4v) is 3.25. The van der Waals surface area contributed by atoms with E-state index in [-0.39, 0.29) is 11.7 Å². The Balaban J connectivity index is 1.95. The Morgan fingerprint density at radius 1 is 1.31 bits per heavy atom. The van der Waals surface area contributed by atoms with E-state index in [9.17, 15) is 9.59 Å². The Labute approximate surface area is 158 Å². The Kier molecular flexibility index (Phi) is 7.72. The summed E-state index contributed by atoms with van der Waals surface area (Å²) in [6.45, 7) is 4.14. The molecule has 0 unspecified atom stereocenters. The second kappa shape index (κ2) is 10.0. The molecule has 7 heteroatoms. The number of carbonyl (C=O) groups excluding carboxylic acids is 2. The summed E-state index contributed by atoms with van der Waals surface area (Å²) in [5, 5.41) is 3.45. The van der Waals surface area contributed by atoms with Crippen molar-refractivity contribution in [2.45, 2.75) is 44.3 Å². The molecule has 1 atom stereocenters. The van der Waals surface area contributed by atoms with Crippen LogP contribution in [0.5, 0.6) is 0 Å². The third kappa shape index (κ3) is 5.62. The van der Waals surface area contributed by atoms with E-state index in [2.05, 4.69) is 22.2 Å². The average molecular weight is 375 g/mol. The molecule has 0 saturated carbocycles. The summed E-state index contributed by atoms with van der Waals surface area (Å²) in [6.07, 6.45) is 3.14. The molecule has 1 aromatic carbocycles. The first kappa shape index (κ1) is 20.0. The van der Waals surface area contributed by atoms with Crippen LogP contribution in [-0.2, 0) is 20.7 Å². The van der Waals surface area contributed by atoms with Gasteiger partial charge in [0.25, 0.3) is 0 Å². The van der Waals surface area contributed by atoms with E-state index < -0.39 is 12.0 Å². The molecular weight excluding hydrogens is 350 g/mol. The SMILES string of the molecule is CCCCc1nc(SCC(=O)N[C@H](C(=O)OC)c2ccccc2)[nH]c1C. The molecule has 0 spiro atoms. The summed E-state index contributed by atoms with van der Waals surface area (Å²) in [6, 6.07) is 8.24. The topological polar surface area (TPSA) is 84.1 Å². The number of hydrogen-bond donors (Lipinski definition) is 2. The fourth-order valence-electron chi connectivity index (χ4n) is 2.50. The van der Waals surface area contributed by atoms with Gasteiger partial charge in [-0.25, -0.2) is 9.78 Å². The van der Waals surface area contributed by atoms with Gasteiger partial charge >= 0.3 is 5.97 Å². The van der Waals surface area contributed by atoms with Crippen molar-refractivity contribution in [3.05, 3.63) is 47.3 Å². The van der Waals surface area contributed by atoms with E-state index in [1.165, 1.54) is 18.9 Å². The third-order valence-electron chi connectivity index (χ3n) is 3.95. The van der Waals surface area contributed by atoms with Crippen molar-refractivity contribution in [2.24, 2.45) is 0 Å². The molecule has 2 rings (SSSR count). The van der Waals surface area contributed by atoms with Gasteiger partial charge in [-0.2, -0.15) is 0 Å². The van der Waals surface area contributed by atoms with Crippen molar-refractivity contribution < 1.29 is 14.3 Å². The molecule has 26 heavy (non-hydrogen) atoms. The quantitative estimate of drug-likeness (QED) is 0.519. The van der Waals surface area contributed by atoms with Crippen molar-refractivity contribution in [1.29, 1.82) is 0 Å². The Morgan fingerprint density at radius 2 is 2.04 bits per heavy atom. The number of amides is 1. The van der Waals surface area contributed by atoms with Crippen molar-refractivity contribution in [3.63, 3.8) is 0 Å². The number of aromatic amines is 1. The molecule has 1 amide bonds. The Morgan fingerprint density at radius 3 is 2.69 bits per heavy atom. The van der Waals surface area contributed by atoms with Gasteiger partial charge in [-0.05, 0) is 25.3 Å². The lowest BCUT2D eigenvalue weighted by atomic mass is 10.1. The average Bonchev–Trinajstić information content (AvgIpc) is 3.02. The van der Waals surface area contributed by atoms with Crippen LogP contribution in [0.4, 0.5) is 0 Å². The van der Waals surface area contributed by atoms with Gasteiger partial charge in [-0.1, -0.05) is 55.4 Å². The number of nitrogens with zero attached hydrogens (tertiary/aromatic N) is 1. The van der Waals surface area contributed by atoms with E-state index in [0.29, 0.717) is 5.56 Å². The number of thioether (sulfide) groups is 1. The van der Waals surface area contributed by atoms with E-state index in [4.69, 9.17) is 4.74 Å². The van der Waals surface area contributed by atoms with E-state index in [1.807, 2.05) is 25.1 Å². The first-order valence-corrected chi connectivity index (χ1v) is 9.64. The predicted octanol–water partition coefficient (Wildman–Crippen LogP) is 3.18. The molecule has 0 fully saturated rings. The lowest BCUT2D eigenvalue weighted by Gasteiger charge is -2.16. The zero-order valence-corrected chi connectivity index (χ0v) is 16.2. The maximum Gasteiger partial charge on any atom is 0.333 e. The molecule has 2 aromatic rings. The standard InChI is InChI=1S/C19H25N3O3S/c1-4-5-11-15-13(2)20-19(21-15)26-12-16(23)22-17(18(24)25-3)14-9-7-6-8-10-14/h6-10,17H,4-5,11-12H2,1-3H3,(H,20,21)(H,22,23)/t17-/m0/s1. The third-order valence-corrected chi connectivity index (χ3v) is 4.82. The molecule has 1 heterocycles. The normalized spacial score (nSPS) is 11.8. The maximum atomic E-state index is 12.3. The summed E-state index contributed by atoms with van der Waals surface area (Å²) < 4.78 is 4.81. The number of H-pyrrole nitrogens is 1. The number of nitrogens with one attached hydrogen (secondary N) is 2. The highest BCUT2D eigenvalue weighted by Crippen LogP contribution is 2.19. The molecule has 0 aliphatic carbocycles. The molecule has 0 saturated heterocycles. The molecule has 0 aliphatic heterocycles. The van der Waals surface area contributed by atoms with Crippen LogP contribution in [-0.4, -0.2) is 34.7 Å². The number of aromatic nitrogens is 2. The van der Waals surface area contributed by atoms with Crippen molar-refractivity contribution in [1.82, 2.24) is 15.3 Å². The molecule has 0 radical (unpaired) electrons. The van der Waals surface area contributed by atoms with Crippen LogP contribution in [0.15, 0.2) is 35.5 Å². The van der Waals surface area contributed by atoms with E-state index in [1.54, 1.807) is 12.1 Å². The molecule has 0 bridgehead atoms. The van der Waals surface area contributed by atoms with Crippen molar-refractivity contribution in [3.8, 4) is 0 Å². The molecule has 0 aliphatic rings. The van der Waals surface area contributed by atoms with Gasteiger partial charge in [-0.3, -0.25) is 4.79 Å². The van der Waals surface area contributed by atoms with Crippen molar-refractivity contribution >= 4 is 23.6 Å². The van der Waals surface area contributed by atoms with Gasteiger partial charge in [0.05, 0.1) is 18.6 Å². The summed E-state index contributed by atoms with van der Waals surface area (Å²) >= 11 is 1.32. The monoisotopic (exact) mass is 375 g/mol. The van der Waals surface area contributed by atoms with E-state index >= 15 is 0 Å². The Bertz CT molecular complexity index is 731. The minimum atomic E-state index is -0.812. The summed E-state index contributed by atoms with van der Waals surface area (Å²) in [4.78, 5) is 32.1.